The van der Waals surface area contributed by atoms with Gasteiger partial charge in [-0.15, -0.1) is 0 Å². The van der Waals surface area contributed by atoms with Gasteiger partial charge in [0.05, 0.1) is 0 Å². The zero-order valence-electron chi connectivity index (χ0n) is 10.8. The lowest BCUT2D eigenvalue weighted by Gasteiger charge is -2.40. The van der Waals surface area contributed by atoms with Gasteiger partial charge in [0.1, 0.15) is 0 Å². The van der Waals surface area contributed by atoms with Gasteiger partial charge in [0, 0.05) is 12.1 Å². The molecule has 0 bridgehead atoms. The summed E-state index contributed by atoms with van der Waals surface area (Å²) >= 11 is 0. The molecular formula is C13H28N2. The smallest absolute Gasteiger partial charge is 0.0249 e. The minimum absolute atomic E-state index is 0.733. The average Bonchev–Trinajstić information content (AvgIpc) is 2.29. The van der Waals surface area contributed by atoms with Gasteiger partial charge in [-0.25, -0.2) is 0 Å². The predicted octanol–water partition coefficient (Wildman–Crippen LogP) is 2.64. The van der Waals surface area contributed by atoms with Crippen LogP contribution in [0.2, 0.25) is 0 Å². The summed E-state index contributed by atoms with van der Waals surface area (Å²) in [6.07, 6.45) is 8.16. The molecule has 0 saturated heterocycles. The van der Waals surface area contributed by atoms with E-state index in [9.17, 15) is 0 Å². The van der Waals surface area contributed by atoms with E-state index in [0.29, 0.717) is 0 Å². The van der Waals surface area contributed by atoms with E-state index in [1.54, 1.807) is 0 Å². The zero-order valence-corrected chi connectivity index (χ0v) is 10.8. The molecule has 2 heteroatoms. The van der Waals surface area contributed by atoms with Crippen LogP contribution in [0.4, 0.5) is 0 Å². The quantitative estimate of drug-likeness (QED) is 0.728. The Balaban J connectivity index is 2.53. The highest BCUT2D eigenvalue weighted by Crippen LogP contribution is 2.23. The zero-order chi connectivity index (χ0) is 11.1. The fourth-order valence-corrected chi connectivity index (χ4v) is 2.90. The minimum Gasteiger partial charge on any atom is -0.315 e. The number of hydrogen-bond donors (Lipinski definition) is 1. The Labute approximate surface area is 95.4 Å². The fourth-order valence-electron chi connectivity index (χ4n) is 2.90. The third-order valence-corrected chi connectivity index (χ3v) is 3.59. The SMILES string of the molecule is CCCN(CCC)C1CCCCC1NC. The van der Waals surface area contributed by atoms with Crippen LogP contribution in [0, 0.1) is 0 Å². The molecule has 1 rings (SSSR count). The van der Waals surface area contributed by atoms with Crippen LogP contribution in [0.25, 0.3) is 0 Å². The fraction of sp³-hybridized carbons (Fsp3) is 1.00. The molecule has 2 atom stereocenters. The van der Waals surface area contributed by atoms with Crippen molar-refractivity contribution < 1.29 is 0 Å². The first-order valence-electron chi connectivity index (χ1n) is 6.74. The molecule has 0 aromatic heterocycles. The molecular weight excluding hydrogens is 184 g/mol. The highest BCUT2D eigenvalue weighted by molar-refractivity contribution is 4.87. The van der Waals surface area contributed by atoms with Gasteiger partial charge in [0.2, 0.25) is 0 Å². The van der Waals surface area contributed by atoms with Crippen molar-refractivity contribution in [3.8, 4) is 0 Å². The summed E-state index contributed by atoms with van der Waals surface area (Å²) in [5.41, 5.74) is 0. The minimum atomic E-state index is 0.733. The maximum absolute atomic E-state index is 3.51. The standard InChI is InChI=1S/C13H28N2/c1-4-10-15(11-5-2)13-9-7-6-8-12(13)14-3/h12-14H,4-11H2,1-3H3. The first-order valence-corrected chi connectivity index (χ1v) is 6.74. The Morgan fingerprint density at radius 1 is 1.07 bits per heavy atom. The lowest BCUT2D eigenvalue weighted by Crippen LogP contribution is -2.51. The van der Waals surface area contributed by atoms with Gasteiger partial charge in [-0.3, -0.25) is 4.90 Å². The summed E-state index contributed by atoms with van der Waals surface area (Å²) in [6.45, 7) is 7.13. The summed E-state index contributed by atoms with van der Waals surface area (Å²) in [5.74, 6) is 0. The maximum atomic E-state index is 3.51. The number of rotatable bonds is 6. The lowest BCUT2D eigenvalue weighted by molar-refractivity contribution is 0.125. The van der Waals surface area contributed by atoms with E-state index in [4.69, 9.17) is 0 Å². The molecule has 2 nitrogen and oxygen atoms in total. The van der Waals surface area contributed by atoms with Crippen LogP contribution < -0.4 is 5.32 Å². The average molecular weight is 212 g/mol. The summed E-state index contributed by atoms with van der Waals surface area (Å²) in [4.78, 5) is 2.71. The summed E-state index contributed by atoms with van der Waals surface area (Å²) in [7, 11) is 2.12. The first-order chi connectivity index (χ1) is 7.33. The van der Waals surface area contributed by atoms with Crippen molar-refractivity contribution in [2.45, 2.75) is 64.5 Å². The first kappa shape index (κ1) is 13.0. The van der Waals surface area contributed by atoms with E-state index >= 15 is 0 Å². The van der Waals surface area contributed by atoms with Crippen LogP contribution in [-0.4, -0.2) is 37.1 Å². The molecule has 15 heavy (non-hydrogen) atoms. The normalized spacial score (nSPS) is 27.2. The van der Waals surface area contributed by atoms with Gasteiger partial charge in [0.15, 0.2) is 0 Å². The number of likely N-dealkylation sites (N-methyl/N-ethyl adjacent to an activating group) is 1. The third-order valence-electron chi connectivity index (χ3n) is 3.59. The number of hydrogen-bond acceptors (Lipinski definition) is 2. The Bertz CT molecular complexity index is 153. The molecule has 0 aliphatic heterocycles. The van der Waals surface area contributed by atoms with Crippen LogP contribution in [-0.2, 0) is 0 Å². The molecule has 1 fully saturated rings. The molecule has 0 heterocycles. The van der Waals surface area contributed by atoms with Gasteiger partial charge in [0.25, 0.3) is 0 Å². The third kappa shape index (κ3) is 3.76. The van der Waals surface area contributed by atoms with Crippen molar-refractivity contribution in [2.75, 3.05) is 20.1 Å². The van der Waals surface area contributed by atoms with Crippen molar-refractivity contribution >= 4 is 0 Å². The van der Waals surface area contributed by atoms with Crippen molar-refractivity contribution in [1.82, 2.24) is 10.2 Å². The summed E-state index contributed by atoms with van der Waals surface area (Å²) < 4.78 is 0. The van der Waals surface area contributed by atoms with Gasteiger partial charge in [-0.05, 0) is 45.8 Å². The molecule has 0 spiro atoms. The molecule has 0 aromatic rings. The lowest BCUT2D eigenvalue weighted by atomic mass is 9.89. The second-order valence-corrected chi connectivity index (χ2v) is 4.78. The number of nitrogens with one attached hydrogen (secondary N) is 1. The van der Waals surface area contributed by atoms with E-state index in [0.717, 1.165) is 12.1 Å². The monoisotopic (exact) mass is 212 g/mol. The Kier molecular flexibility index (Phi) is 6.26. The van der Waals surface area contributed by atoms with E-state index in [2.05, 4.69) is 31.1 Å². The molecule has 1 N–H and O–H groups in total. The van der Waals surface area contributed by atoms with Crippen LogP contribution in [0.5, 0.6) is 0 Å². The molecule has 0 amide bonds. The van der Waals surface area contributed by atoms with Gasteiger partial charge >= 0.3 is 0 Å². The largest absolute Gasteiger partial charge is 0.315 e. The predicted molar refractivity (Wildman–Crippen MR) is 67.3 cm³/mol. The molecule has 1 aliphatic rings. The van der Waals surface area contributed by atoms with Crippen molar-refractivity contribution in [3.63, 3.8) is 0 Å². The molecule has 0 radical (unpaired) electrons. The summed E-state index contributed by atoms with van der Waals surface area (Å²) in [6, 6.07) is 1.53. The van der Waals surface area contributed by atoms with Crippen molar-refractivity contribution in [1.29, 1.82) is 0 Å². The second-order valence-electron chi connectivity index (χ2n) is 4.78. The topological polar surface area (TPSA) is 15.3 Å². The van der Waals surface area contributed by atoms with Gasteiger partial charge in [-0.1, -0.05) is 26.7 Å². The van der Waals surface area contributed by atoms with Crippen LogP contribution in [0.1, 0.15) is 52.4 Å². The molecule has 1 aliphatic carbocycles. The van der Waals surface area contributed by atoms with E-state index in [1.807, 2.05) is 0 Å². The van der Waals surface area contributed by atoms with E-state index in [1.165, 1.54) is 51.6 Å². The number of nitrogens with zero attached hydrogens (tertiary/aromatic N) is 1. The molecule has 0 aromatic carbocycles. The Morgan fingerprint density at radius 2 is 1.67 bits per heavy atom. The maximum Gasteiger partial charge on any atom is 0.0249 e. The second kappa shape index (κ2) is 7.24. The van der Waals surface area contributed by atoms with Gasteiger partial charge in [-0.2, -0.15) is 0 Å². The van der Waals surface area contributed by atoms with Gasteiger partial charge < -0.3 is 5.32 Å². The van der Waals surface area contributed by atoms with Crippen LogP contribution in [0.15, 0.2) is 0 Å². The highest BCUT2D eigenvalue weighted by Gasteiger charge is 2.27. The van der Waals surface area contributed by atoms with Crippen LogP contribution >= 0.6 is 0 Å². The Morgan fingerprint density at radius 3 is 2.20 bits per heavy atom. The highest BCUT2D eigenvalue weighted by atomic mass is 15.2. The van der Waals surface area contributed by atoms with Crippen molar-refractivity contribution in [2.24, 2.45) is 0 Å². The van der Waals surface area contributed by atoms with Crippen LogP contribution in [0.3, 0.4) is 0 Å². The summed E-state index contributed by atoms with van der Waals surface area (Å²) in [5, 5.41) is 3.51. The molecule has 90 valence electrons. The molecule has 1 saturated carbocycles. The van der Waals surface area contributed by atoms with E-state index in [-0.39, 0.29) is 0 Å². The Hall–Kier alpha value is -0.0800. The van der Waals surface area contributed by atoms with E-state index < -0.39 is 0 Å². The van der Waals surface area contributed by atoms with Crippen molar-refractivity contribution in [3.05, 3.63) is 0 Å². The molecule has 2 unspecified atom stereocenters.